The van der Waals surface area contributed by atoms with Crippen molar-refractivity contribution in [3.05, 3.63) is 64.1 Å². The molecule has 41 heavy (non-hydrogen) atoms. The van der Waals surface area contributed by atoms with Crippen LogP contribution >= 0.6 is 0 Å². The maximum atomic E-state index is 12.9. The highest BCUT2D eigenvalue weighted by molar-refractivity contribution is 5.24. The van der Waals surface area contributed by atoms with Crippen LogP contribution in [0.15, 0.2) is 47.4 Å². The first-order valence-corrected chi connectivity index (χ1v) is 16.9. The average Bonchev–Trinajstić information content (AvgIpc) is 2.96. The fourth-order valence-electron chi connectivity index (χ4n) is 5.35. The van der Waals surface area contributed by atoms with Crippen molar-refractivity contribution >= 4 is 0 Å². The van der Waals surface area contributed by atoms with E-state index in [1.165, 1.54) is 102 Å². The summed E-state index contributed by atoms with van der Waals surface area (Å²) in [6.07, 6.45) is 24.6. The fraction of sp³-hybridized carbons (Fsp3) is 0.694. The Morgan fingerprint density at radius 3 is 1.88 bits per heavy atom. The van der Waals surface area contributed by atoms with E-state index in [-0.39, 0.29) is 5.43 Å². The topological polar surface area (TPSA) is 46.5 Å². The molecule has 0 aliphatic rings. The van der Waals surface area contributed by atoms with E-state index in [9.17, 15) is 4.79 Å². The van der Waals surface area contributed by atoms with E-state index < -0.39 is 0 Å². The third-order valence-electron chi connectivity index (χ3n) is 7.90. The molecule has 0 saturated heterocycles. The predicted octanol–water partition coefficient (Wildman–Crippen LogP) is 8.58. The van der Waals surface area contributed by atoms with Crippen molar-refractivity contribution in [2.45, 2.75) is 129 Å². The van der Waals surface area contributed by atoms with Gasteiger partial charge in [-0.1, -0.05) is 134 Å². The van der Waals surface area contributed by atoms with E-state index in [1.54, 1.807) is 6.07 Å². The van der Waals surface area contributed by atoms with Gasteiger partial charge in [-0.05, 0) is 45.6 Å². The molecule has 5 heteroatoms. The molecule has 0 spiro atoms. The van der Waals surface area contributed by atoms with Gasteiger partial charge < -0.3 is 19.5 Å². The number of hydrogen-bond donors (Lipinski definition) is 1. The molecular weight excluding hydrogens is 506 g/mol. The Morgan fingerprint density at radius 2 is 1.32 bits per heavy atom. The zero-order chi connectivity index (χ0) is 29.4. The monoisotopic (exact) mass is 567 g/mol. The van der Waals surface area contributed by atoms with Crippen LogP contribution < -0.4 is 15.5 Å². The van der Waals surface area contributed by atoms with Crippen molar-refractivity contribution in [1.82, 2.24) is 14.8 Å². The molecule has 0 atom stereocenters. The van der Waals surface area contributed by atoms with Gasteiger partial charge >= 0.3 is 0 Å². The standard InChI is InChI=1S/C36H61N3O2/c1-4-5-6-7-8-9-10-11-12-13-14-15-16-17-18-22-28-41-36-32-39(31-33-24-20-19-21-25-33)34(29-35(36)40)30-37-26-23-27-38(2)3/h19-21,24-25,29,32,37H,4-18,22-23,26-28,30-31H2,1-3H3. The molecule has 1 N–H and O–H groups in total. The summed E-state index contributed by atoms with van der Waals surface area (Å²) in [6.45, 7) is 6.28. The number of benzene rings is 1. The van der Waals surface area contributed by atoms with Crippen LogP contribution in [0.3, 0.4) is 0 Å². The summed E-state index contributed by atoms with van der Waals surface area (Å²) in [7, 11) is 4.19. The van der Waals surface area contributed by atoms with Gasteiger partial charge in [0.05, 0.1) is 12.8 Å². The second-order valence-corrected chi connectivity index (χ2v) is 12.1. The Labute approximate surface area is 252 Å². The summed E-state index contributed by atoms with van der Waals surface area (Å²) >= 11 is 0. The van der Waals surface area contributed by atoms with E-state index in [1.807, 2.05) is 12.3 Å². The normalized spacial score (nSPS) is 11.4. The van der Waals surface area contributed by atoms with Crippen molar-refractivity contribution in [2.24, 2.45) is 0 Å². The van der Waals surface area contributed by atoms with Crippen molar-refractivity contribution in [1.29, 1.82) is 0 Å². The highest BCUT2D eigenvalue weighted by Gasteiger charge is 2.09. The molecule has 2 rings (SSSR count). The predicted molar refractivity (Wildman–Crippen MR) is 176 cm³/mol. The Bertz CT molecular complexity index is 942. The number of pyridine rings is 1. The second-order valence-electron chi connectivity index (χ2n) is 12.1. The van der Waals surface area contributed by atoms with Gasteiger partial charge in [-0.2, -0.15) is 0 Å². The number of nitrogens with one attached hydrogen (secondary N) is 1. The number of ether oxygens (including phenoxy) is 1. The second kappa shape index (κ2) is 23.5. The lowest BCUT2D eigenvalue weighted by atomic mass is 10.0. The SMILES string of the molecule is CCCCCCCCCCCCCCCCCCOc1cn(Cc2ccccc2)c(CNCCCN(C)C)cc1=O. The molecule has 0 fully saturated rings. The van der Waals surface area contributed by atoms with Crippen LogP contribution in [-0.4, -0.2) is 43.3 Å². The van der Waals surface area contributed by atoms with Crippen LogP contribution in [0.4, 0.5) is 0 Å². The van der Waals surface area contributed by atoms with Gasteiger partial charge in [0.1, 0.15) is 0 Å². The largest absolute Gasteiger partial charge is 0.488 e. The fourth-order valence-corrected chi connectivity index (χ4v) is 5.35. The van der Waals surface area contributed by atoms with Crippen LogP contribution in [0, 0.1) is 0 Å². The molecule has 2 aromatic rings. The lowest BCUT2D eigenvalue weighted by Crippen LogP contribution is -2.24. The molecular formula is C36H61N3O2. The smallest absolute Gasteiger partial charge is 0.223 e. The number of nitrogens with zero attached hydrogens (tertiary/aromatic N) is 2. The van der Waals surface area contributed by atoms with Gasteiger partial charge in [-0.15, -0.1) is 0 Å². The third kappa shape index (κ3) is 17.4. The molecule has 0 aliphatic heterocycles. The van der Waals surface area contributed by atoms with E-state index in [4.69, 9.17) is 4.74 Å². The summed E-state index contributed by atoms with van der Waals surface area (Å²) in [6, 6.07) is 12.2. The molecule has 1 aromatic heterocycles. The molecule has 0 unspecified atom stereocenters. The van der Waals surface area contributed by atoms with E-state index in [0.29, 0.717) is 18.9 Å². The molecule has 0 aliphatic carbocycles. The molecule has 0 amide bonds. The van der Waals surface area contributed by atoms with Crippen LogP contribution in [0.2, 0.25) is 0 Å². The van der Waals surface area contributed by atoms with Gasteiger partial charge in [0.2, 0.25) is 5.43 Å². The molecule has 0 bridgehead atoms. The van der Waals surface area contributed by atoms with Gasteiger partial charge in [0, 0.05) is 24.8 Å². The summed E-state index contributed by atoms with van der Waals surface area (Å²) in [5.74, 6) is 0.471. The first kappa shape index (κ1) is 35.1. The molecule has 232 valence electrons. The maximum absolute atomic E-state index is 12.9. The zero-order valence-electron chi connectivity index (χ0n) is 26.8. The Kier molecular flexibility index (Phi) is 20.1. The minimum Gasteiger partial charge on any atom is -0.488 e. The average molecular weight is 568 g/mol. The molecule has 0 saturated carbocycles. The lowest BCUT2D eigenvalue weighted by molar-refractivity contribution is 0.298. The lowest BCUT2D eigenvalue weighted by Gasteiger charge is -2.17. The number of hydrogen-bond acceptors (Lipinski definition) is 4. The van der Waals surface area contributed by atoms with Crippen molar-refractivity contribution < 1.29 is 4.74 Å². The summed E-state index contributed by atoms with van der Waals surface area (Å²) in [4.78, 5) is 15.0. The highest BCUT2D eigenvalue weighted by Crippen LogP contribution is 2.15. The van der Waals surface area contributed by atoms with Crippen LogP contribution in [0.1, 0.15) is 127 Å². The maximum Gasteiger partial charge on any atom is 0.223 e. The number of aromatic nitrogens is 1. The first-order chi connectivity index (χ1) is 20.1. The zero-order valence-corrected chi connectivity index (χ0v) is 26.8. The van der Waals surface area contributed by atoms with Crippen LogP contribution in [0.5, 0.6) is 5.75 Å². The minimum atomic E-state index is -0.0177. The molecule has 1 heterocycles. The summed E-state index contributed by atoms with van der Waals surface area (Å²) < 4.78 is 8.16. The first-order valence-electron chi connectivity index (χ1n) is 16.9. The number of unbranched alkanes of at least 4 members (excludes halogenated alkanes) is 15. The van der Waals surface area contributed by atoms with E-state index in [2.05, 4.69) is 60.1 Å². The van der Waals surface area contributed by atoms with Crippen LogP contribution in [0.25, 0.3) is 0 Å². The molecule has 1 aromatic carbocycles. The molecule has 0 radical (unpaired) electrons. The van der Waals surface area contributed by atoms with Gasteiger partial charge in [-0.25, -0.2) is 0 Å². The Balaban J connectivity index is 1.63. The van der Waals surface area contributed by atoms with Crippen molar-refractivity contribution in [2.75, 3.05) is 33.8 Å². The summed E-state index contributed by atoms with van der Waals surface area (Å²) in [5, 5.41) is 3.51. The third-order valence-corrected chi connectivity index (χ3v) is 7.90. The van der Waals surface area contributed by atoms with E-state index >= 15 is 0 Å². The van der Waals surface area contributed by atoms with E-state index in [0.717, 1.165) is 38.2 Å². The highest BCUT2D eigenvalue weighted by atomic mass is 16.5. The Hall–Kier alpha value is -2.11. The van der Waals surface area contributed by atoms with Crippen molar-refractivity contribution in [3.8, 4) is 5.75 Å². The van der Waals surface area contributed by atoms with Crippen molar-refractivity contribution in [3.63, 3.8) is 0 Å². The van der Waals surface area contributed by atoms with Crippen LogP contribution in [-0.2, 0) is 13.1 Å². The Morgan fingerprint density at radius 1 is 0.756 bits per heavy atom. The summed E-state index contributed by atoms with van der Waals surface area (Å²) in [5.41, 5.74) is 2.20. The number of rotatable bonds is 26. The van der Waals surface area contributed by atoms with Gasteiger partial charge in [-0.3, -0.25) is 4.79 Å². The van der Waals surface area contributed by atoms with Gasteiger partial charge in [0.25, 0.3) is 0 Å². The molecule has 5 nitrogen and oxygen atoms in total. The minimum absolute atomic E-state index is 0.0177. The van der Waals surface area contributed by atoms with Gasteiger partial charge in [0.15, 0.2) is 5.75 Å². The quantitative estimate of drug-likeness (QED) is 0.116.